The first-order valence-electron chi connectivity index (χ1n) is 5.01. The third-order valence-corrected chi connectivity index (χ3v) is 3.57. The van der Waals surface area contributed by atoms with Crippen LogP contribution in [0.2, 0.25) is 0 Å². The zero-order valence-corrected chi connectivity index (χ0v) is 12.1. The number of thiophene rings is 1. The molecule has 0 radical (unpaired) electrons. The number of halogens is 1. The van der Waals surface area contributed by atoms with Crippen LogP contribution in [0.3, 0.4) is 0 Å². The lowest BCUT2D eigenvalue weighted by Gasteiger charge is -2.20. The predicted octanol–water partition coefficient (Wildman–Crippen LogP) is 2.17. The lowest BCUT2D eigenvalue weighted by atomic mass is 10.4. The van der Waals surface area contributed by atoms with Crippen LogP contribution in [0.4, 0.5) is 0 Å². The maximum absolute atomic E-state index is 5.45. The number of aliphatic imine (C=N–C) groups is 1. The molecule has 0 amide bonds. The largest absolute Gasteiger partial charge is 0.340 e. The van der Waals surface area contributed by atoms with Crippen molar-refractivity contribution in [3.8, 4) is 0 Å². The van der Waals surface area contributed by atoms with Crippen LogP contribution in [0.5, 0.6) is 0 Å². The number of nitrogens with two attached hydrogens (primary N) is 1. The van der Waals surface area contributed by atoms with Gasteiger partial charge in [-0.05, 0) is 35.8 Å². The van der Waals surface area contributed by atoms with Crippen LogP contribution < -0.4 is 11.3 Å². The van der Waals surface area contributed by atoms with Crippen LogP contribution in [0.15, 0.2) is 20.9 Å². The third kappa shape index (κ3) is 4.11. The first-order valence-corrected chi connectivity index (χ1v) is 6.68. The highest BCUT2D eigenvalue weighted by Gasteiger charge is 2.07. The van der Waals surface area contributed by atoms with Gasteiger partial charge in [0.05, 0.1) is 6.54 Å². The van der Waals surface area contributed by atoms with E-state index in [0.717, 1.165) is 11.0 Å². The molecule has 0 aliphatic carbocycles. The predicted molar refractivity (Wildman–Crippen MR) is 73.4 cm³/mol. The average Bonchev–Trinajstić information content (AvgIpc) is 2.60. The van der Waals surface area contributed by atoms with Crippen LogP contribution in [0.25, 0.3) is 0 Å². The van der Waals surface area contributed by atoms with E-state index >= 15 is 0 Å². The Kier molecular flexibility index (Phi) is 5.24. The highest BCUT2D eigenvalue weighted by Crippen LogP contribution is 2.20. The molecule has 0 spiro atoms. The molecule has 0 aliphatic heterocycles. The minimum Gasteiger partial charge on any atom is -0.340 e. The number of hydrogen-bond acceptors (Lipinski definition) is 3. The van der Waals surface area contributed by atoms with E-state index in [2.05, 4.69) is 37.8 Å². The van der Waals surface area contributed by atoms with E-state index in [4.69, 9.17) is 5.84 Å². The monoisotopic (exact) mass is 304 g/mol. The Morgan fingerprint density at radius 1 is 1.69 bits per heavy atom. The molecule has 3 N–H and O–H groups in total. The van der Waals surface area contributed by atoms with Crippen LogP contribution in [-0.2, 0) is 6.54 Å². The van der Waals surface area contributed by atoms with Gasteiger partial charge in [0.1, 0.15) is 0 Å². The van der Waals surface area contributed by atoms with E-state index < -0.39 is 0 Å². The summed E-state index contributed by atoms with van der Waals surface area (Å²) in [5.41, 5.74) is 2.63. The fourth-order valence-corrected chi connectivity index (χ4v) is 2.74. The van der Waals surface area contributed by atoms with Crippen molar-refractivity contribution in [2.24, 2.45) is 10.8 Å². The van der Waals surface area contributed by atoms with Crippen molar-refractivity contribution in [1.29, 1.82) is 0 Å². The van der Waals surface area contributed by atoms with Crippen LogP contribution >= 0.6 is 27.3 Å². The molecule has 1 aromatic rings. The molecule has 90 valence electrons. The van der Waals surface area contributed by atoms with Crippen LogP contribution in [0.1, 0.15) is 18.7 Å². The molecule has 0 saturated heterocycles. The average molecular weight is 305 g/mol. The first-order chi connectivity index (χ1) is 7.52. The van der Waals surface area contributed by atoms with Gasteiger partial charge in [-0.1, -0.05) is 0 Å². The van der Waals surface area contributed by atoms with E-state index in [-0.39, 0.29) is 6.04 Å². The van der Waals surface area contributed by atoms with Crippen molar-refractivity contribution < 1.29 is 0 Å². The number of hydrogen-bond donors (Lipinski definition) is 2. The summed E-state index contributed by atoms with van der Waals surface area (Å²) in [6.07, 6.45) is 0. The lowest BCUT2D eigenvalue weighted by Crippen LogP contribution is -2.42. The summed E-state index contributed by atoms with van der Waals surface area (Å²) < 4.78 is 1.11. The van der Waals surface area contributed by atoms with Crippen molar-refractivity contribution in [2.45, 2.75) is 26.4 Å². The minimum absolute atomic E-state index is 0.226. The molecule has 0 atom stereocenters. The second kappa shape index (κ2) is 6.22. The van der Waals surface area contributed by atoms with Crippen molar-refractivity contribution in [3.05, 3.63) is 20.8 Å². The summed E-state index contributed by atoms with van der Waals surface area (Å²) in [7, 11) is 1.97. The third-order valence-electron chi connectivity index (χ3n) is 1.89. The number of nitrogens with zero attached hydrogens (tertiary/aromatic N) is 2. The van der Waals surface area contributed by atoms with Crippen LogP contribution in [0, 0.1) is 0 Å². The Balaban J connectivity index is 2.66. The van der Waals surface area contributed by atoms with E-state index in [1.807, 2.05) is 25.8 Å². The number of guanidine groups is 1. The first kappa shape index (κ1) is 13.5. The zero-order chi connectivity index (χ0) is 12.1. The van der Waals surface area contributed by atoms with Gasteiger partial charge in [-0.3, -0.25) is 5.43 Å². The normalized spacial score (nSPS) is 12.0. The van der Waals surface area contributed by atoms with Gasteiger partial charge in [0.2, 0.25) is 5.96 Å². The highest BCUT2D eigenvalue weighted by molar-refractivity contribution is 9.10. The maximum Gasteiger partial charge on any atom is 0.208 e. The van der Waals surface area contributed by atoms with Crippen molar-refractivity contribution in [2.75, 3.05) is 7.05 Å². The molecule has 0 aliphatic rings. The molecule has 1 rings (SSSR count). The number of nitrogens with one attached hydrogen (secondary N) is 1. The number of rotatable bonds is 3. The summed E-state index contributed by atoms with van der Waals surface area (Å²) in [5.74, 6) is 6.16. The van der Waals surface area contributed by atoms with Crippen molar-refractivity contribution >= 4 is 33.2 Å². The Labute approximate surface area is 109 Å². The SMILES string of the molecule is CC(C)N=C(NN)N(C)Cc1cc(Br)cs1. The van der Waals surface area contributed by atoms with Gasteiger partial charge in [-0.2, -0.15) is 0 Å². The van der Waals surface area contributed by atoms with Gasteiger partial charge in [0, 0.05) is 27.8 Å². The molecule has 6 heteroatoms. The highest BCUT2D eigenvalue weighted by atomic mass is 79.9. The molecule has 0 fully saturated rings. The standard InChI is InChI=1S/C10H17BrN4S/c1-7(2)13-10(14-12)15(3)5-9-4-8(11)6-16-9/h4,6-7H,5,12H2,1-3H3,(H,13,14). The van der Waals surface area contributed by atoms with Gasteiger partial charge < -0.3 is 4.90 Å². The van der Waals surface area contributed by atoms with E-state index in [1.165, 1.54) is 4.88 Å². The topological polar surface area (TPSA) is 53.6 Å². The summed E-state index contributed by atoms with van der Waals surface area (Å²) in [4.78, 5) is 7.66. The molecular weight excluding hydrogens is 288 g/mol. The van der Waals surface area contributed by atoms with E-state index in [0.29, 0.717) is 5.96 Å². The smallest absolute Gasteiger partial charge is 0.208 e. The lowest BCUT2D eigenvalue weighted by molar-refractivity contribution is 0.478. The maximum atomic E-state index is 5.45. The molecule has 4 nitrogen and oxygen atoms in total. The second-order valence-corrected chi connectivity index (χ2v) is 5.69. The van der Waals surface area contributed by atoms with Gasteiger partial charge in [-0.15, -0.1) is 11.3 Å². The van der Waals surface area contributed by atoms with Gasteiger partial charge in [-0.25, -0.2) is 10.8 Å². The molecule has 1 aromatic heterocycles. The van der Waals surface area contributed by atoms with Gasteiger partial charge in [0.15, 0.2) is 0 Å². The fraction of sp³-hybridized carbons (Fsp3) is 0.500. The molecular formula is C10H17BrN4S. The Hall–Kier alpha value is -0.590. The quantitative estimate of drug-likeness (QED) is 0.389. The zero-order valence-electron chi connectivity index (χ0n) is 9.70. The number of hydrazine groups is 1. The summed E-state index contributed by atoms with van der Waals surface area (Å²) >= 11 is 5.15. The van der Waals surface area contributed by atoms with Gasteiger partial charge >= 0.3 is 0 Å². The fourth-order valence-electron chi connectivity index (χ4n) is 1.24. The second-order valence-electron chi connectivity index (χ2n) is 3.78. The summed E-state index contributed by atoms with van der Waals surface area (Å²) in [5, 5.41) is 2.07. The molecule has 1 heterocycles. The Morgan fingerprint density at radius 2 is 2.38 bits per heavy atom. The summed E-state index contributed by atoms with van der Waals surface area (Å²) in [6, 6.07) is 2.33. The van der Waals surface area contributed by atoms with Crippen molar-refractivity contribution in [1.82, 2.24) is 10.3 Å². The van der Waals surface area contributed by atoms with E-state index in [1.54, 1.807) is 11.3 Å². The molecule has 0 saturated carbocycles. The summed E-state index contributed by atoms with van der Waals surface area (Å²) in [6.45, 7) is 4.84. The molecule has 0 aromatic carbocycles. The molecule has 0 unspecified atom stereocenters. The molecule has 0 bridgehead atoms. The van der Waals surface area contributed by atoms with E-state index in [9.17, 15) is 0 Å². The Bertz CT molecular complexity index is 361. The molecule has 16 heavy (non-hydrogen) atoms. The minimum atomic E-state index is 0.226. The van der Waals surface area contributed by atoms with Crippen molar-refractivity contribution in [3.63, 3.8) is 0 Å². The van der Waals surface area contributed by atoms with Gasteiger partial charge in [0.25, 0.3) is 0 Å². The Morgan fingerprint density at radius 3 is 2.81 bits per heavy atom. The van der Waals surface area contributed by atoms with Crippen LogP contribution in [-0.4, -0.2) is 23.9 Å².